The Bertz CT molecular complexity index is 904. The van der Waals surface area contributed by atoms with Crippen LogP contribution in [0.15, 0.2) is 51.7 Å². The Morgan fingerprint density at radius 3 is 2.74 bits per heavy atom. The fourth-order valence-corrected chi connectivity index (χ4v) is 3.78. The van der Waals surface area contributed by atoms with E-state index in [4.69, 9.17) is 4.42 Å². The summed E-state index contributed by atoms with van der Waals surface area (Å²) in [4.78, 5) is 13.5. The summed E-state index contributed by atoms with van der Waals surface area (Å²) in [5.41, 5.74) is 1.58. The Morgan fingerprint density at radius 1 is 1.13 bits per heavy atom. The van der Waals surface area contributed by atoms with Gasteiger partial charge in [-0.3, -0.25) is 0 Å². The van der Waals surface area contributed by atoms with Crippen LogP contribution in [-0.4, -0.2) is 13.1 Å². The quantitative estimate of drug-likeness (QED) is 0.583. The summed E-state index contributed by atoms with van der Waals surface area (Å²) < 4.78 is 5.45. The van der Waals surface area contributed by atoms with Gasteiger partial charge in [0.1, 0.15) is 12.1 Å². The number of piperidine rings is 1. The van der Waals surface area contributed by atoms with E-state index in [9.17, 15) is 4.79 Å². The molecule has 4 rings (SSSR count). The number of hydrogen-bond donors (Lipinski definition) is 1. The molecule has 0 atom stereocenters. The molecule has 0 amide bonds. The second-order valence-electron chi connectivity index (χ2n) is 6.86. The van der Waals surface area contributed by atoms with E-state index < -0.39 is 0 Å². The number of quaternary nitrogens is 1. The van der Waals surface area contributed by atoms with E-state index in [1.54, 1.807) is 11.0 Å². The summed E-state index contributed by atoms with van der Waals surface area (Å²) in [6.45, 7) is 5.61. The molecule has 1 fully saturated rings. The van der Waals surface area contributed by atoms with E-state index in [1.807, 2.05) is 24.3 Å². The highest BCUT2D eigenvalue weighted by atomic mass is 16.4. The van der Waals surface area contributed by atoms with Gasteiger partial charge in [0.05, 0.1) is 13.1 Å². The molecule has 0 saturated carbocycles. The molecule has 3 heteroatoms. The van der Waals surface area contributed by atoms with Crippen molar-refractivity contribution < 1.29 is 9.32 Å². The molecular weight excluding hydrogens is 286 g/mol. The fraction of sp³-hybridized carbons (Fsp3) is 0.350. The van der Waals surface area contributed by atoms with Crippen molar-refractivity contribution in [1.82, 2.24) is 0 Å². The summed E-state index contributed by atoms with van der Waals surface area (Å²) in [5.74, 6) is 0.831. The first-order valence-corrected chi connectivity index (χ1v) is 8.49. The van der Waals surface area contributed by atoms with Crippen molar-refractivity contribution in [2.24, 2.45) is 5.92 Å². The first-order chi connectivity index (χ1) is 11.2. The van der Waals surface area contributed by atoms with Crippen molar-refractivity contribution in [3.05, 3.63) is 58.4 Å². The largest absolute Gasteiger partial charge is 0.423 e. The van der Waals surface area contributed by atoms with Crippen molar-refractivity contribution in [2.45, 2.75) is 26.3 Å². The highest BCUT2D eigenvalue weighted by Gasteiger charge is 2.21. The predicted molar refractivity (Wildman–Crippen MR) is 92.8 cm³/mol. The van der Waals surface area contributed by atoms with Crippen LogP contribution in [0.5, 0.6) is 0 Å². The van der Waals surface area contributed by atoms with Gasteiger partial charge in [-0.05, 0) is 35.6 Å². The predicted octanol–water partition coefficient (Wildman–Crippen LogP) is 2.76. The van der Waals surface area contributed by atoms with Crippen molar-refractivity contribution >= 4 is 21.7 Å². The van der Waals surface area contributed by atoms with Gasteiger partial charge in [0.2, 0.25) is 0 Å². The number of likely N-dealkylation sites (tertiary alicyclic amines) is 1. The van der Waals surface area contributed by atoms with E-state index in [1.165, 1.54) is 36.7 Å². The summed E-state index contributed by atoms with van der Waals surface area (Å²) >= 11 is 0. The molecule has 118 valence electrons. The average Bonchev–Trinajstić information content (AvgIpc) is 2.56. The molecular formula is C20H22NO2+. The summed E-state index contributed by atoms with van der Waals surface area (Å²) in [6, 6.07) is 14.0. The zero-order valence-corrected chi connectivity index (χ0v) is 13.5. The second kappa shape index (κ2) is 5.82. The van der Waals surface area contributed by atoms with Gasteiger partial charge in [0.25, 0.3) is 0 Å². The third kappa shape index (κ3) is 2.77. The lowest BCUT2D eigenvalue weighted by Crippen LogP contribution is -3.11. The Balaban J connectivity index is 1.84. The van der Waals surface area contributed by atoms with Crippen LogP contribution in [0, 0.1) is 5.92 Å². The van der Waals surface area contributed by atoms with Gasteiger partial charge in [-0.2, -0.15) is 0 Å². The lowest BCUT2D eigenvalue weighted by molar-refractivity contribution is -0.919. The zero-order valence-electron chi connectivity index (χ0n) is 13.5. The maximum Gasteiger partial charge on any atom is 0.336 e. The minimum atomic E-state index is -0.243. The molecule has 0 unspecified atom stereocenters. The monoisotopic (exact) mass is 308 g/mol. The van der Waals surface area contributed by atoms with E-state index >= 15 is 0 Å². The molecule has 23 heavy (non-hydrogen) atoms. The molecule has 3 nitrogen and oxygen atoms in total. The van der Waals surface area contributed by atoms with Crippen LogP contribution >= 0.6 is 0 Å². The second-order valence-corrected chi connectivity index (χ2v) is 6.86. The Hall–Kier alpha value is -2.13. The van der Waals surface area contributed by atoms with Crippen molar-refractivity contribution in [3.63, 3.8) is 0 Å². The van der Waals surface area contributed by atoms with Gasteiger partial charge in [0, 0.05) is 17.0 Å². The van der Waals surface area contributed by atoms with Crippen LogP contribution in [0.25, 0.3) is 21.7 Å². The number of hydrogen-bond acceptors (Lipinski definition) is 2. The van der Waals surface area contributed by atoms with Gasteiger partial charge in [-0.1, -0.05) is 37.3 Å². The molecule has 0 aliphatic carbocycles. The normalized spacial score (nSPS) is 21.8. The Kier molecular flexibility index (Phi) is 3.66. The van der Waals surface area contributed by atoms with Crippen LogP contribution < -0.4 is 10.5 Å². The highest BCUT2D eigenvalue weighted by Crippen LogP contribution is 2.27. The van der Waals surface area contributed by atoms with Gasteiger partial charge in [-0.15, -0.1) is 0 Å². The van der Waals surface area contributed by atoms with E-state index in [-0.39, 0.29) is 5.63 Å². The maximum atomic E-state index is 12.0. The lowest BCUT2D eigenvalue weighted by atomic mass is 9.97. The highest BCUT2D eigenvalue weighted by molar-refractivity contribution is 6.06. The maximum absolute atomic E-state index is 12.0. The average molecular weight is 308 g/mol. The molecule has 1 N–H and O–H groups in total. The summed E-state index contributed by atoms with van der Waals surface area (Å²) in [7, 11) is 0. The van der Waals surface area contributed by atoms with Crippen LogP contribution in [0.1, 0.15) is 25.3 Å². The minimum absolute atomic E-state index is 0.243. The third-order valence-electron chi connectivity index (χ3n) is 5.14. The molecule has 0 radical (unpaired) electrons. The van der Waals surface area contributed by atoms with Crippen molar-refractivity contribution in [1.29, 1.82) is 0 Å². The van der Waals surface area contributed by atoms with E-state index in [2.05, 4.69) is 19.1 Å². The molecule has 2 heterocycles. The first-order valence-electron chi connectivity index (χ1n) is 8.49. The molecule has 1 aliphatic heterocycles. The fourth-order valence-electron chi connectivity index (χ4n) is 3.78. The van der Waals surface area contributed by atoms with Gasteiger partial charge in [-0.25, -0.2) is 4.79 Å². The molecule has 1 aliphatic rings. The van der Waals surface area contributed by atoms with E-state index in [0.717, 1.165) is 23.4 Å². The van der Waals surface area contributed by atoms with Crippen molar-refractivity contribution in [3.8, 4) is 0 Å². The molecule has 0 bridgehead atoms. The number of benzene rings is 2. The lowest BCUT2D eigenvalue weighted by Gasteiger charge is -2.27. The summed E-state index contributed by atoms with van der Waals surface area (Å²) in [5, 5.41) is 3.47. The van der Waals surface area contributed by atoms with E-state index in [0.29, 0.717) is 5.58 Å². The minimum Gasteiger partial charge on any atom is -0.423 e. The zero-order chi connectivity index (χ0) is 15.8. The Labute approximate surface area is 135 Å². The van der Waals surface area contributed by atoms with Gasteiger partial charge < -0.3 is 9.32 Å². The third-order valence-corrected chi connectivity index (χ3v) is 5.14. The molecule has 1 aromatic heterocycles. The molecule has 1 saturated heterocycles. The number of fused-ring (bicyclic) bond motifs is 3. The van der Waals surface area contributed by atoms with Crippen LogP contribution in [0.4, 0.5) is 0 Å². The van der Waals surface area contributed by atoms with Gasteiger partial charge >= 0.3 is 5.63 Å². The number of nitrogens with one attached hydrogen (secondary N) is 1. The smallest absolute Gasteiger partial charge is 0.336 e. The SMILES string of the molecule is CC1CC[NH+](Cc2cc(=O)oc3ccc4ccccc4c23)CC1. The van der Waals surface area contributed by atoms with Crippen molar-refractivity contribution in [2.75, 3.05) is 13.1 Å². The standard InChI is InChI=1S/C20H21NO2/c1-14-8-10-21(11-9-14)13-16-12-19(22)23-18-7-6-15-4-2-3-5-17(15)20(16)18/h2-7,12,14H,8-11,13H2,1H3/p+1. The molecule has 0 spiro atoms. The van der Waals surface area contributed by atoms with Crippen LogP contribution in [0.2, 0.25) is 0 Å². The summed E-state index contributed by atoms with van der Waals surface area (Å²) in [6.07, 6.45) is 2.55. The van der Waals surface area contributed by atoms with Crippen LogP contribution in [0.3, 0.4) is 0 Å². The first kappa shape index (κ1) is 14.5. The van der Waals surface area contributed by atoms with Crippen LogP contribution in [-0.2, 0) is 6.54 Å². The number of rotatable bonds is 2. The Morgan fingerprint density at radius 2 is 1.91 bits per heavy atom. The molecule has 2 aromatic carbocycles. The molecule has 3 aromatic rings. The topological polar surface area (TPSA) is 34.7 Å². The van der Waals surface area contributed by atoms with Gasteiger partial charge in [0.15, 0.2) is 0 Å².